The average Bonchev–Trinajstić information content (AvgIpc) is 2.88. The minimum absolute atomic E-state index is 0.191. The van der Waals surface area contributed by atoms with Crippen molar-refractivity contribution in [1.82, 2.24) is 10.2 Å². The van der Waals surface area contributed by atoms with Crippen molar-refractivity contribution in [3.05, 3.63) is 29.3 Å². The maximum Gasteiger partial charge on any atom is 0.305 e. The number of aryl methyl sites for hydroxylation is 1. The molecule has 5 nitrogen and oxygen atoms in total. The lowest BCUT2D eigenvalue weighted by Crippen LogP contribution is -2.00. The van der Waals surface area contributed by atoms with Gasteiger partial charge in [0, 0.05) is 24.1 Å². The first-order chi connectivity index (χ1) is 9.19. The molecular formula is C13H15N3O2S. The molecule has 0 spiro atoms. The number of nitrogen functional groups attached to an aromatic ring is 1. The Morgan fingerprint density at radius 1 is 1.32 bits per heavy atom. The highest BCUT2D eigenvalue weighted by Crippen LogP contribution is 2.24. The Labute approximate surface area is 115 Å². The molecule has 2 rings (SSSR count). The summed E-state index contributed by atoms with van der Waals surface area (Å²) in [6, 6.07) is 7.53. The predicted molar refractivity (Wildman–Crippen MR) is 74.7 cm³/mol. The minimum atomic E-state index is -0.191. The summed E-state index contributed by atoms with van der Waals surface area (Å²) < 4.78 is 4.59. The molecule has 2 N–H and O–H groups in total. The van der Waals surface area contributed by atoms with Gasteiger partial charge in [0.15, 0.2) is 0 Å². The van der Waals surface area contributed by atoms with Crippen molar-refractivity contribution in [3.63, 3.8) is 0 Å². The van der Waals surface area contributed by atoms with E-state index in [1.807, 2.05) is 24.3 Å². The number of aromatic nitrogens is 2. The molecule has 0 aliphatic carbocycles. The quantitative estimate of drug-likeness (QED) is 0.670. The van der Waals surface area contributed by atoms with Crippen molar-refractivity contribution < 1.29 is 9.53 Å². The van der Waals surface area contributed by atoms with Gasteiger partial charge in [-0.2, -0.15) is 0 Å². The molecule has 0 atom stereocenters. The minimum Gasteiger partial charge on any atom is -0.469 e. The first-order valence-electron chi connectivity index (χ1n) is 5.94. The predicted octanol–water partition coefficient (Wildman–Crippen LogP) is 2.28. The van der Waals surface area contributed by atoms with Gasteiger partial charge < -0.3 is 10.5 Å². The topological polar surface area (TPSA) is 78.1 Å². The van der Waals surface area contributed by atoms with Gasteiger partial charge in [-0.15, -0.1) is 10.2 Å². The Hall–Kier alpha value is -1.95. The Morgan fingerprint density at radius 2 is 2.05 bits per heavy atom. The Balaban J connectivity index is 1.95. The highest BCUT2D eigenvalue weighted by Gasteiger charge is 2.07. The van der Waals surface area contributed by atoms with E-state index in [9.17, 15) is 4.79 Å². The normalized spacial score (nSPS) is 10.4. The van der Waals surface area contributed by atoms with Gasteiger partial charge in [-0.3, -0.25) is 4.79 Å². The Bertz CT molecular complexity index is 551. The molecule has 1 aromatic carbocycles. The number of methoxy groups -OCH3 is 1. The van der Waals surface area contributed by atoms with E-state index in [1.54, 1.807) is 0 Å². The fraction of sp³-hybridized carbons (Fsp3) is 0.308. The molecule has 0 saturated carbocycles. The SMILES string of the molecule is COC(=O)CCCc1nnc(-c2ccc(N)cc2)s1. The van der Waals surface area contributed by atoms with Crippen LogP contribution >= 0.6 is 11.3 Å². The molecule has 0 fully saturated rings. The largest absolute Gasteiger partial charge is 0.469 e. The maximum atomic E-state index is 11.0. The van der Waals surface area contributed by atoms with Gasteiger partial charge in [0.1, 0.15) is 10.0 Å². The fourth-order valence-corrected chi connectivity index (χ4v) is 2.47. The number of esters is 1. The third-order valence-electron chi connectivity index (χ3n) is 2.62. The molecule has 1 heterocycles. The van der Waals surface area contributed by atoms with Crippen LogP contribution in [-0.2, 0) is 16.0 Å². The number of carbonyl (C=O) groups excluding carboxylic acids is 1. The molecule has 1 aromatic heterocycles. The first kappa shape index (κ1) is 13.5. The summed E-state index contributed by atoms with van der Waals surface area (Å²) >= 11 is 1.54. The summed E-state index contributed by atoms with van der Waals surface area (Å²) in [4.78, 5) is 11.0. The molecule has 100 valence electrons. The van der Waals surface area contributed by atoms with Crippen molar-refractivity contribution in [1.29, 1.82) is 0 Å². The Kier molecular flexibility index (Phi) is 4.46. The zero-order valence-electron chi connectivity index (χ0n) is 10.6. The highest BCUT2D eigenvalue weighted by molar-refractivity contribution is 7.14. The van der Waals surface area contributed by atoms with Crippen molar-refractivity contribution in [2.75, 3.05) is 12.8 Å². The van der Waals surface area contributed by atoms with Crippen LogP contribution in [0.5, 0.6) is 0 Å². The van der Waals surface area contributed by atoms with Crippen LogP contribution in [0.15, 0.2) is 24.3 Å². The highest BCUT2D eigenvalue weighted by atomic mass is 32.1. The van der Waals surface area contributed by atoms with Crippen molar-refractivity contribution in [2.45, 2.75) is 19.3 Å². The number of carbonyl (C=O) groups is 1. The van der Waals surface area contributed by atoms with Crippen molar-refractivity contribution >= 4 is 23.0 Å². The monoisotopic (exact) mass is 277 g/mol. The van der Waals surface area contributed by atoms with Gasteiger partial charge in [0.05, 0.1) is 7.11 Å². The molecule has 0 unspecified atom stereocenters. The van der Waals surface area contributed by atoms with Gasteiger partial charge in [0.25, 0.3) is 0 Å². The van der Waals surface area contributed by atoms with Gasteiger partial charge in [0.2, 0.25) is 0 Å². The molecule has 6 heteroatoms. The summed E-state index contributed by atoms with van der Waals surface area (Å²) in [6.45, 7) is 0. The van der Waals surface area contributed by atoms with E-state index in [2.05, 4.69) is 14.9 Å². The van der Waals surface area contributed by atoms with Crippen molar-refractivity contribution in [3.8, 4) is 10.6 Å². The first-order valence-corrected chi connectivity index (χ1v) is 6.76. The number of hydrogen-bond acceptors (Lipinski definition) is 6. The van der Waals surface area contributed by atoms with Crippen LogP contribution in [0.4, 0.5) is 5.69 Å². The van der Waals surface area contributed by atoms with Crippen LogP contribution in [-0.4, -0.2) is 23.3 Å². The number of nitrogens with zero attached hydrogens (tertiary/aromatic N) is 2. The summed E-state index contributed by atoms with van der Waals surface area (Å²) in [7, 11) is 1.40. The fourth-order valence-electron chi connectivity index (χ4n) is 1.58. The lowest BCUT2D eigenvalue weighted by molar-refractivity contribution is -0.140. The third kappa shape index (κ3) is 3.75. The van der Waals surface area contributed by atoms with Gasteiger partial charge in [-0.1, -0.05) is 11.3 Å². The number of anilines is 1. The van der Waals surface area contributed by atoms with Crippen LogP contribution in [0.25, 0.3) is 10.6 Å². The molecule has 0 saturated heterocycles. The van der Waals surface area contributed by atoms with Crippen LogP contribution in [0.2, 0.25) is 0 Å². The van der Waals surface area contributed by atoms with E-state index in [0.717, 1.165) is 34.1 Å². The van der Waals surface area contributed by atoms with E-state index in [4.69, 9.17) is 5.73 Å². The smallest absolute Gasteiger partial charge is 0.305 e. The van der Waals surface area contributed by atoms with Gasteiger partial charge >= 0.3 is 5.97 Å². The molecule has 0 radical (unpaired) electrons. The van der Waals surface area contributed by atoms with Gasteiger partial charge in [-0.25, -0.2) is 0 Å². The van der Waals surface area contributed by atoms with Crippen LogP contribution in [0.3, 0.4) is 0 Å². The van der Waals surface area contributed by atoms with Crippen LogP contribution < -0.4 is 5.73 Å². The van der Waals surface area contributed by atoms with Gasteiger partial charge in [-0.05, 0) is 30.7 Å². The zero-order chi connectivity index (χ0) is 13.7. The third-order valence-corrected chi connectivity index (χ3v) is 3.66. The summed E-state index contributed by atoms with van der Waals surface area (Å²) in [5.74, 6) is -0.191. The molecule has 19 heavy (non-hydrogen) atoms. The van der Waals surface area contributed by atoms with E-state index in [1.165, 1.54) is 18.4 Å². The lowest BCUT2D eigenvalue weighted by Gasteiger charge is -1.96. The van der Waals surface area contributed by atoms with E-state index in [0.29, 0.717) is 6.42 Å². The standard InChI is InChI=1S/C13H15N3O2S/c1-18-12(17)4-2-3-11-15-16-13(19-11)9-5-7-10(14)8-6-9/h5-8H,2-4,14H2,1H3. The lowest BCUT2D eigenvalue weighted by atomic mass is 10.2. The summed E-state index contributed by atoms with van der Waals surface area (Å²) in [5, 5.41) is 10.1. The molecule has 0 amide bonds. The average molecular weight is 277 g/mol. The number of nitrogens with two attached hydrogens (primary N) is 1. The number of benzene rings is 1. The summed E-state index contributed by atoms with van der Waals surface area (Å²) in [6.07, 6.45) is 1.87. The second-order valence-electron chi connectivity index (χ2n) is 4.05. The van der Waals surface area contributed by atoms with Crippen molar-refractivity contribution in [2.24, 2.45) is 0 Å². The molecule has 0 aliphatic heterocycles. The van der Waals surface area contributed by atoms with E-state index in [-0.39, 0.29) is 5.97 Å². The number of hydrogen-bond donors (Lipinski definition) is 1. The van der Waals surface area contributed by atoms with E-state index < -0.39 is 0 Å². The number of ether oxygens (including phenoxy) is 1. The molecular weight excluding hydrogens is 262 g/mol. The summed E-state index contributed by atoms with van der Waals surface area (Å²) in [5.41, 5.74) is 7.37. The second-order valence-corrected chi connectivity index (χ2v) is 5.11. The molecule has 2 aromatic rings. The second kappa shape index (κ2) is 6.29. The Morgan fingerprint density at radius 3 is 2.74 bits per heavy atom. The molecule has 0 bridgehead atoms. The van der Waals surface area contributed by atoms with E-state index >= 15 is 0 Å². The number of rotatable bonds is 5. The zero-order valence-corrected chi connectivity index (χ0v) is 11.4. The molecule has 0 aliphatic rings. The van der Waals surface area contributed by atoms with Crippen LogP contribution in [0.1, 0.15) is 17.8 Å². The maximum absolute atomic E-state index is 11.0. The van der Waals surface area contributed by atoms with Crippen LogP contribution in [0, 0.1) is 0 Å².